The Bertz CT molecular complexity index is 495. The van der Waals surface area contributed by atoms with Gasteiger partial charge in [0.25, 0.3) is 5.91 Å². The van der Waals surface area contributed by atoms with Crippen LogP contribution in [0.25, 0.3) is 0 Å². The first-order valence-corrected chi connectivity index (χ1v) is 8.65. The molecule has 2 rings (SSSR count). The van der Waals surface area contributed by atoms with E-state index >= 15 is 0 Å². The van der Waals surface area contributed by atoms with E-state index in [1.54, 1.807) is 0 Å². The number of esters is 1. The Kier molecular flexibility index (Phi) is 7.11. The highest BCUT2D eigenvalue weighted by Crippen LogP contribution is 2.27. The summed E-state index contributed by atoms with van der Waals surface area (Å²) in [4.78, 5) is 23.6. The van der Waals surface area contributed by atoms with Crippen molar-refractivity contribution in [3.8, 4) is 0 Å². The highest BCUT2D eigenvalue weighted by atomic mass is 16.5. The van der Waals surface area contributed by atoms with E-state index in [9.17, 15) is 9.59 Å². The van der Waals surface area contributed by atoms with Gasteiger partial charge >= 0.3 is 5.97 Å². The van der Waals surface area contributed by atoms with Gasteiger partial charge in [-0.05, 0) is 24.8 Å². The molecule has 0 saturated heterocycles. The van der Waals surface area contributed by atoms with Gasteiger partial charge in [-0.25, -0.2) is 0 Å². The molecule has 23 heavy (non-hydrogen) atoms. The third-order valence-electron chi connectivity index (χ3n) is 4.52. The second-order valence-electron chi connectivity index (χ2n) is 6.40. The molecule has 0 bridgehead atoms. The fraction of sp³-hybridized carbons (Fsp3) is 0.579. The van der Waals surface area contributed by atoms with Crippen LogP contribution in [-0.4, -0.2) is 18.5 Å². The molecule has 1 aromatic rings. The summed E-state index contributed by atoms with van der Waals surface area (Å²) in [5.74, 6) is 0.133. The lowest BCUT2D eigenvalue weighted by atomic mass is 9.86. The summed E-state index contributed by atoms with van der Waals surface area (Å²) in [6.45, 7) is 1.72. The Morgan fingerprint density at radius 1 is 1.17 bits per heavy atom. The van der Waals surface area contributed by atoms with Gasteiger partial charge in [0.1, 0.15) is 0 Å². The van der Waals surface area contributed by atoms with Gasteiger partial charge in [0.15, 0.2) is 6.61 Å². The lowest BCUT2D eigenvalue weighted by molar-refractivity contribution is -0.149. The summed E-state index contributed by atoms with van der Waals surface area (Å²) in [5, 5.41) is 2.84. The molecule has 1 fully saturated rings. The number of carbonyl (C=O) groups is 2. The number of nitrogens with one attached hydrogen (secondary N) is 1. The summed E-state index contributed by atoms with van der Waals surface area (Å²) in [6.07, 6.45) is 7.64. The predicted molar refractivity (Wildman–Crippen MR) is 89.8 cm³/mol. The molecule has 0 unspecified atom stereocenters. The maximum absolute atomic E-state index is 11.8. The summed E-state index contributed by atoms with van der Waals surface area (Å²) in [5.41, 5.74) is 1.03. The van der Waals surface area contributed by atoms with E-state index in [4.69, 9.17) is 4.74 Å². The molecule has 1 atom stereocenters. The van der Waals surface area contributed by atoms with E-state index in [1.807, 2.05) is 37.3 Å². The van der Waals surface area contributed by atoms with Gasteiger partial charge in [0.2, 0.25) is 0 Å². The van der Waals surface area contributed by atoms with Crippen LogP contribution < -0.4 is 5.32 Å². The minimum atomic E-state index is -0.266. The van der Waals surface area contributed by atoms with E-state index in [0.717, 1.165) is 12.0 Å². The van der Waals surface area contributed by atoms with Crippen LogP contribution in [0.15, 0.2) is 30.3 Å². The van der Waals surface area contributed by atoms with Crippen molar-refractivity contribution >= 4 is 11.9 Å². The molecule has 0 spiro atoms. The minimum absolute atomic E-state index is 0.0929. The van der Waals surface area contributed by atoms with Crippen molar-refractivity contribution in [2.45, 2.75) is 57.9 Å². The van der Waals surface area contributed by atoms with Crippen LogP contribution in [0.4, 0.5) is 0 Å². The van der Waals surface area contributed by atoms with Gasteiger partial charge in [-0.3, -0.25) is 9.59 Å². The third-order valence-corrected chi connectivity index (χ3v) is 4.52. The van der Waals surface area contributed by atoms with Crippen LogP contribution in [0.3, 0.4) is 0 Å². The standard InChI is InChI=1S/C19H27NO3/c1-15(17-10-6-3-7-11-17)20-18(21)14-23-19(22)13-12-16-8-4-2-5-9-16/h3,6-7,10-11,15-16H,2,4-5,8-9,12-14H2,1H3,(H,20,21)/t15-/m1/s1. The van der Waals surface area contributed by atoms with Crippen LogP contribution in [-0.2, 0) is 14.3 Å². The molecule has 4 heteroatoms. The van der Waals surface area contributed by atoms with Crippen LogP contribution in [0.1, 0.15) is 63.5 Å². The minimum Gasteiger partial charge on any atom is -0.456 e. The summed E-state index contributed by atoms with van der Waals surface area (Å²) in [6, 6.07) is 9.63. The van der Waals surface area contributed by atoms with Crippen molar-refractivity contribution in [3.63, 3.8) is 0 Å². The summed E-state index contributed by atoms with van der Waals surface area (Å²) < 4.78 is 5.08. The fourth-order valence-electron chi connectivity index (χ4n) is 3.12. The molecule has 1 aliphatic rings. The zero-order valence-corrected chi connectivity index (χ0v) is 13.9. The first kappa shape index (κ1) is 17.5. The molecule has 0 heterocycles. The molecule has 1 aromatic carbocycles. The zero-order valence-electron chi connectivity index (χ0n) is 13.9. The first-order valence-electron chi connectivity index (χ1n) is 8.65. The highest BCUT2D eigenvalue weighted by molar-refractivity contribution is 5.80. The van der Waals surface area contributed by atoms with Gasteiger partial charge in [-0.2, -0.15) is 0 Å². The Morgan fingerprint density at radius 2 is 1.87 bits per heavy atom. The molecular weight excluding hydrogens is 290 g/mol. The van der Waals surface area contributed by atoms with Crippen LogP contribution in [0, 0.1) is 5.92 Å². The number of ether oxygens (including phenoxy) is 1. The molecule has 0 radical (unpaired) electrons. The lowest BCUT2D eigenvalue weighted by Gasteiger charge is -2.20. The topological polar surface area (TPSA) is 55.4 Å². The molecule has 4 nitrogen and oxygen atoms in total. The molecular formula is C19H27NO3. The smallest absolute Gasteiger partial charge is 0.306 e. The quantitative estimate of drug-likeness (QED) is 0.779. The average Bonchev–Trinajstić information content (AvgIpc) is 2.60. The largest absolute Gasteiger partial charge is 0.456 e. The SMILES string of the molecule is C[C@@H](NC(=O)COC(=O)CCC1CCCCC1)c1ccccc1. The van der Waals surface area contributed by atoms with Crippen molar-refractivity contribution in [1.82, 2.24) is 5.32 Å². The average molecular weight is 317 g/mol. The molecule has 1 saturated carbocycles. The maximum Gasteiger partial charge on any atom is 0.306 e. The Hall–Kier alpha value is -1.84. The molecule has 1 N–H and O–H groups in total. The van der Waals surface area contributed by atoms with Crippen molar-refractivity contribution < 1.29 is 14.3 Å². The number of amides is 1. The number of hydrogen-bond donors (Lipinski definition) is 1. The van der Waals surface area contributed by atoms with E-state index < -0.39 is 0 Å². The number of benzene rings is 1. The first-order chi connectivity index (χ1) is 11.1. The summed E-state index contributed by atoms with van der Waals surface area (Å²) >= 11 is 0. The normalized spacial score (nSPS) is 16.6. The van der Waals surface area contributed by atoms with Gasteiger partial charge in [0.05, 0.1) is 6.04 Å². The van der Waals surface area contributed by atoms with Gasteiger partial charge < -0.3 is 10.1 Å². The Morgan fingerprint density at radius 3 is 2.57 bits per heavy atom. The van der Waals surface area contributed by atoms with Crippen LogP contribution in [0.5, 0.6) is 0 Å². The number of rotatable bonds is 7. The fourth-order valence-corrected chi connectivity index (χ4v) is 3.12. The Labute approximate surface area is 138 Å². The maximum atomic E-state index is 11.8. The van der Waals surface area contributed by atoms with Crippen molar-refractivity contribution in [2.24, 2.45) is 5.92 Å². The van der Waals surface area contributed by atoms with Crippen molar-refractivity contribution in [3.05, 3.63) is 35.9 Å². The highest BCUT2D eigenvalue weighted by Gasteiger charge is 2.16. The van der Waals surface area contributed by atoms with Crippen molar-refractivity contribution in [2.75, 3.05) is 6.61 Å². The monoisotopic (exact) mass is 317 g/mol. The molecule has 1 amide bonds. The molecule has 126 valence electrons. The third kappa shape index (κ3) is 6.43. The second kappa shape index (κ2) is 9.33. The summed E-state index contributed by atoms with van der Waals surface area (Å²) in [7, 11) is 0. The molecule has 1 aliphatic carbocycles. The van der Waals surface area contributed by atoms with Crippen LogP contribution in [0.2, 0.25) is 0 Å². The number of hydrogen-bond acceptors (Lipinski definition) is 3. The molecule has 0 aromatic heterocycles. The van der Waals surface area contributed by atoms with E-state index in [0.29, 0.717) is 12.3 Å². The molecule has 0 aliphatic heterocycles. The predicted octanol–water partition coefficient (Wildman–Crippen LogP) is 3.77. The van der Waals surface area contributed by atoms with Gasteiger partial charge in [-0.15, -0.1) is 0 Å². The van der Waals surface area contributed by atoms with E-state index in [1.165, 1.54) is 32.1 Å². The van der Waals surface area contributed by atoms with Crippen LogP contribution >= 0.6 is 0 Å². The van der Waals surface area contributed by atoms with Crippen molar-refractivity contribution in [1.29, 1.82) is 0 Å². The second-order valence-corrected chi connectivity index (χ2v) is 6.40. The lowest BCUT2D eigenvalue weighted by Crippen LogP contribution is -2.31. The van der Waals surface area contributed by atoms with E-state index in [2.05, 4.69) is 5.32 Å². The van der Waals surface area contributed by atoms with Gasteiger partial charge in [0, 0.05) is 6.42 Å². The van der Waals surface area contributed by atoms with Gasteiger partial charge in [-0.1, -0.05) is 62.4 Å². The zero-order chi connectivity index (χ0) is 16.5. The number of carbonyl (C=O) groups excluding carboxylic acids is 2. The van der Waals surface area contributed by atoms with E-state index in [-0.39, 0.29) is 24.5 Å². The Balaban J connectivity index is 1.62.